The molecule has 0 bridgehead atoms. The van der Waals surface area contributed by atoms with Crippen molar-refractivity contribution in [1.29, 1.82) is 0 Å². The van der Waals surface area contributed by atoms with Gasteiger partial charge >= 0.3 is 5.97 Å². The summed E-state index contributed by atoms with van der Waals surface area (Å²) in [5.74, 6) is -3.60. The second kappa shape index (κ2) is 13.6. The van der Waals surface area contributed by atoms with Crippen LogP contribution in [-0.4, -0.2) is 117 Å². The number of nitrogens with two attached hydrogens (primary N) is 1. The Hall–Kier alpha value is -0.890. The van der Waals surface area contributed by atoms with Crippen LogP contribution in [0.4, 0.5) is 0 Å². The van der Waals surface area contributed by atoms with E-state index in [4.69, 9.17) is 19.9 Å². The fraction of sp³-hybridized carbons (Fsp3) is 0.966. The van der Waals surface area contributed by atoms with Crippen LogP contribution in [-0.2, 0) is 19.0 Å². The molecule has 0 aromatic carbocycles. The van der Waals surface area contributed by atoms with Crippen LogP contribution in [0.2, 0.25) is 0 Å². The van der Waals surface area contributed by atoms with E-state index in [0.717, 1.165) is 0 Å². The van der Waals surface area contributed by atoms with Gasteiger partial charge in [-0.25, -0.2) is 0 Å². The Morgan fingerprint density at radius 3 is 2.12 bits per heavy atom. The zero-order chi connectivity index (χ0) is 30.9. The summed E-state index contributed by atoms with van der Waals surface area (Å²) >= 11 is 0. The lowest BCUT2D eigenvalue weighted by atomic mass is 9.72. The minimum atomic E-state index is -1.80. The number of likely N-dealkylation sites (N-methyl/N-ethyl adjacent to an activating group) is 1. The molecular formula is C29H56N2O9. The summed E-state index contributed by atoms with van der Waals surface area (Å²) in [5.41, 5.74) is 3.18. The van der Waals surface area contributed by atoms with Crippen LogP contribution in [0.1, 0.15) is 74.7 Å². The largest absolute Gasteiger partial charge is 0.459 e. The third kappa shape index (κ3) is 7.54. The summed E-state index contributed by atoms with van der Waals surface area (Å²) in [6.07, 6.45) is -6.18. The van der Waals surface area contributed by atoms with Crippen LogP contribution in [0.5, 0.6) is 0 Å². The van der Waals surface area contributed by atoms with E-state index in [0.29, 0.717) is 6.42 Å². The van der Waals surface area contributed by atoms with Gasteiger partial charge in [0.15, 0.2) is 6.29 Å². The molecule has 0 radical (unpaired) electrons. The molecule has 2 fully saturated rings. The first kappa shape index (κ1) is 35.3. The SMILES string of the molecule is CC[C@H]1OC(=O)[C@H](C)[C@@H](O)[C@H](C)[C@@H](O[C@@H]2O[C@H](C)C[C@H](N(C)C)[C@H]2O)[C@](C)(O)C[C@@H](C)[C@H](N)[C@H](C)[C@@H](O)[C@]1(C)O. The highest BCUT2D eigenvalue weighted by Gasteiger charge is 2.50. The van der Waals surface area contributed by atoms with E-state index in [1.165, 1.54) is 13.8 Å². The normalized spacial score (nSPS) is 50.3. The van der Waals surface area contributed by atoms with E-state index >= 15 is 0 Å². The predicted octanol–water partition coefficient (Wildman–Crippen LogP) is 0.619. The summed E-state index contributed by atoms with van der Waals surface area (Å²) in [7, 11) is 3.72. The highest BCUT2D eigenvalue weighted by atomic mass is 16.7. The molecule has 11 heteroatoms. The molecule has 0 aromatic rings. The van der Waals surface area contributed by atoms with Gasteiger partial charge in [-0.2, -0.15) is 0 Å². The fourth-order valence-corrected chi connectivity index (χ4v) is 6.63. The first-order valence-electron chi connectivity index (χ1n) is 14.7. The van der Waals surface area contributed by atoms with Gasteiger partial charge in [0.2, 0.25) is 0 Å². The predicted molar refractivity (Wildman–Crippen MR) is 150 cm³/mol. The quantitative estimate of drug-likeness (QED) is 0.259. The number of cyclic esters (lactones) is 1. The average Bonchev–Trinajstić information content (AvgIpc) is 2.87. The summed E-state index contributed by atoms with van der Waals surface area (Å²) in [6, 6.07) is -0.904. The molecule has 0 unspecified atom stereocenters. The van der Waals surface area contributed by atoms with Crippen molar-refractivity contribution < 1.29 is 44.5 Å². The maximum atomic E-state index is 13.2. The van der Waals surface area contributed by atoms with Crippen molar-refractivity contribution in [2.45, 2.75) is 141 Å². The van der Waals surface area contributed by atoms with Crippen molar-refractivity contribution in [3.05, 3.63) is 0 Å². The molecule has 2 rings (SSSR count). The average molecular weight is 577 g/mol. The summed E-state index contributed by atoms with van der Waals surface area (Å²) < 4.78 is 18.0. The Kier molecular flexibility index (Phi) is 12.0. The molecule has 2 heterocycles. The molecule has 2 aliphatic heterocycles. The molecule has 0 amide bonds. The Morgan fingerprint density at radius 2 is 1.60 bits per heavy atom. The molecule has 0 spiro atoms. The second-order valence-corrected chi connectivity index (χ2v) is 13.2. The van der Waals surface area contributed by atoms with Crippen LogP contribution >= 0.6 is 0 Å². The fourth-order valence-electron chi connectivity index (χ4n) is 6.63. The van der Waals surface area contributed by atoms with Gasteiger partial charge in [0.05, 0.1) is 35.9 Å². The van der Waals surface area contributed by atoms with Crippen molar-refractivity contribution in [3.8, 4) is 0 Å². The third-order valence-electron chi connectivity index (χ3n) is 9.45. The van der Waals surface area contributed by atoms with Crippen LogP contribution in [0, 0.1) is 23.7 Å². The number of carbonyl (C=O) groups is 1. The zero-order valence-electron chi connectivity index (χ0n) is 26.0. The minimum Gasteiger partial charge on any atom is -0.459 e. The van der Waals surface area contributed by atoms with E-state index in [9.17, 15) is 30.3 Å². The lowest BCUT2D eigenvalue weighted by molar-refractivity contribution is -0.299. The number of aliphatic hydroxyl groups excluding tert-OH is 3. The Balaban J connectivity index is 2.54. The van der Waals surface area contributed by atoms with Crippen molar-refractivity contribution in [2.24, 2.45) is 29.4 Å². The Morgan fingerprint density at radius 1 is 1.02 bits per heavy atom. The molecule has 11 nitrogen and oxygen atoms in total. The number of hydrogen-bond acceptors (Lipinski definition) is 11. The molecule has 0 aromatic heterocycles. The molecule has 2 saturated heterocycles. The van der Waals surface area contributed by atoms with E-state index in [1.807, 2.05) is 32.8 Å². The summed E-state index contributed by atoms with van der Waals surface area (Å²) in [5, 5.41) is 56.9. The standard InChI is InChI=1S/C29H56N2O9/c1-11-20-29(8,37)24(34)16(4)21(30)14(2)13-28(7,36)25(17(5)22(32)18(6)26(35)39-20)40-27-23(33)19(31(9)10)12-15(3)38-27/h14-25,27,32-34,36-37H,11-13,30H2,1-10H3/t14-,15-,16+,17+,18-,19+,20-,21+,22+,23-,24-,25-,27+,28-,29-/m1/s1. The highest BCUT2D eigenvalue weighted by molar-refractivity contribution is 5.73. The lowest BCUT2D eigenvalue weighted by Crippen LogP contribution is -2.61. The van der Waals surface area contributed by atoms with Crippen molar-refractivity contribution in [1.82, 2.24) is 4.90 Å². The van der Waals surface area contributed by atoms with Gasteiger partial charge in [-0.3, -0.25) is 4.79 Å². The first-order valence-corrected chi connectivity index (χ1v) is 14.7. The topological polar surface area (TPSA) is 175 Å². The molecule has 15 atom stereocenters. The van der Waals surface area contributed by atoms with Crippen LogP contribution in [0.3, 0.4) is 0 Å². The number of esters is 1. The monoisotopic (exact) mass is 576 g/mol. The van der Waals surface area contributed by atoms with Crippen molar-refractivity contribution in [2.75, 3.05) is 14.1 Å². The van der Waals surface area contributed by atoms with Gasteiger partial charge in [-0.05, 0) is 67.0 Å². The smallest absolute Gasteiger partial charge is 0.311 e. The number of carbonyl (C=O) groups excluding carboxylic acids is 1. The Labute approximate surface area is 240 Å². The van der Waals surface area contributed by atoms with E-state index in [1.54, 1.807) is 27.7 Å². The van der Waals surface area contributed by atoms with Crippen LogP contribution in [0.15, 0.2) is 0 Å². The highest BCUT2D eigenvalue weighted by Crippen LogP contribution is 2.38. The van der Waals surface area contributed by atoms with Crippen molar-refractivity contribution >= 4 is 5.97 Å². The third-order valence-corrected chi connectivity index (χ3v) is 9.45. The number of hydrogen-bond donors (Lipinski definition) is 6. The second-order valence-electron chi connectivity index (χ2n) is 13.2. The number of aliphatic hydroxyl groups is 5. The summed E-state index contributed by atoms with van der Waals surface area (Å²) in [4.78, 5) is 15.1. The molecular weight excluding hydrogens is 520 g/mol. The zero-order valence-corrected chi connectivity index (χ0v) is 26.0. The van der Waals surface area contributed by atoms with E-state index in [2.05, 4.69) is 0 Å². The Bertz CT molecular complexity index is 825. The maximum Gasteiger partial charge on any atom is 0.311 e. The molecule has 40 heavy (non-hydrogen) atoms. The molecule has 7 N–H and O–H groups in total. The molecule has 2 aliphatic rings. The van der Waals surface area contributed by atoms with Crippen LogP contribution < -0.4 is 5.73 Å². The van der Waals surface area contributed by atoms with E-state index in [-0.39, 0.29) is 30.9 Å². The van der Waals surface area contributed by atoms with Crippen LogP contribution in [0.25, 0.3) is 0 Å². The maximum absolute atomic E-state index is 13.2. The van der Waals surface area contributed by atoms with Crippen molar-refractivity contribution in [3.63, 3.8) is 0 Å². The number of nitrogens with zero attached hydrogens (tertiary/aromatic N) is 1. The van der Waals surface area contributed by atoms with Gasteiger partial charge in [-0.1, -0.05) is 27.7 Å². The lowest BCUT2D eigenvalue weighted by Gasteiger charge is -2.47. The number of ether oxygens (including phenoxy) is 3. The van der Waals surface area contributed by atoms with E-state index < -0.39 is 77.8 Å². The first-order chi connectivity index (χ1) is 18.3. The number of rotatable bonds is 4. The van der Waals surface area contributed by atoms with Gasteiger partial charge in [0, 0.05) is 23.9 Å². The molecule has 0 saturated carbocycles. The van der Waals surface area contributed by atoms with Gasteiger partial charge < -0.3 is 50.4 Å². The van der Waals surface area contributed by atoms with Gasteiger partial charge in [0.25, 0.3) is 0 Å². The van der Waals surface area contributed by atoms with Gasteiger partial charge in [-0.15, -0.1) is 0 Å². The minimum absolute atomic E-state index is 0.112. The van der Waals surface area contributed by atoms with Gasteiger partial charge in [0.1, 0.15) is 17.8 Å². The molecule has 236 valence electrons. The summed E-state index contributed by atoms with van der Waals surface area (Å²) in [6.45, 7) is 13.4. The molecule has 0 aliphatic carbocycles.